The van der Waals surface area contributed by atoms with E-state index >= 15 is 0 Å². The minimum atomic E-state index is 1.24. The molecule has 0 aromatic rings. The van der Waals surface area contributed by atoms with Gasteiger partial charge in [0.05, 0.1) is 0 Å². The zero-order chi connectivity index (χ0) is 8.53. The second kappa shape index (κ2) is 8.31. The summed E-state index contributed by atoms with van der Waals surface area (Å²) in [6, 6.07) is 0. The first-order chi connectivity index (χ1) is 5.35. The van der Waals surface area contributed by atoms with E-state index in [1.54, 1.807) is 0 Å². The Balaban J connectivity index is 3.54. The summed E-state index contributed by atoms with van der Waals surface area (Å²) in [5.74, 6) is 0. The third-order valence-corrected chi connectivity index (χ3v) is 2.39. The van der Waals surface area contributed by atoms with Gasteiger partial charge in [-0.3, -0.25) is 0 Å². The molecule has 0 nitrogen and oxygen atoms in total. The first-order valence-corrected chi connectivity index (χ1v) is 5.51. The summed E-state index contributed by atoms with van der Waals surface area (Å²) >= 11 is 2.31. The molecule has 0 bridgehead atoms. The van der Waals surface area contributed by atoms with Gasteiger partial charge in [0.25, 0.3) is 0 Å². The molecule has 0 radical (unpaired) electrons. The van der Waals surface area contributed by atoms with Crippen molar-refractivity contribution in [3.8, 4) is 0 Å². The van der Waals surface area contributed by atoms with Crippen LogP contribution in [0.15, 0.2) is 21.8 Å². The summed E-state index contributed by atoms with van der Waals surface area (Å²) in [7, 11) is 0. The average molecular weight is 264 g/mol. The van der Waals surface area contributed by atoms with Gasteiger partial charge in [0.15, 0.2) is 0 Å². The summed E-state index contributed by atoms with van der Waals surface area (Å²) in [6.45, 7) is 4.31. The van der Waals surface area contributed by atoms with Crippen molar-refractivity contribution in [3.63, 3.8) is 0 Å². The lowest BCUT2D eigenvalue weighted by molar-refractivity contribution is 0.720. The van der Waals surface area contributed by atoms with Crippen LogP contribution in [0.1, 0.15) is 39.5 Å². The Bertz CT molecular complexity index is 134. The maximum Gasteiger partial charge on any atom is -0.0202 e. The molecule has 64 valence electrons. The Morgan fingerprint density at radius 3 is 2.55 bits per heavy atom. The maximum atomic E-state index is 2.31. The van der Waals surface area contributed by atoms with Crippen molar-refractivity contribution >= 4 is 22.6 Å². The van der Waals surface area contributed by atoms with E-state index in [0.29, 0.717) is 0 Å². The molecule has 1 heteroatoms. The second-order valence-electron chi connectivity index (χ2n) is 2.64. The van der Waals surface area contributed by atoms with E-state index in [0.717, 1.165) is 0 Å². The molecular weight excluding hydrogens is 247 g/mol. The zero-order valence-electron chi connectivity index (χ0n) is 7.44. The van der Waals surface area contributed by atoms with Crippen LogP contribution in [0.3, 0.4) is 0 Å². The Kier molecular flexibility index (Phi) is 8.47. The minimum Gasteiger partial charge on any atom is -0.0874 e. The number of allylic oxidation sites excluding steroid dienone is 3. The molecule has 0 N–H and O–H groups in total. The molecule has 0 fully saturated rings. The summed E-state index contributed by atoms with van der Waals surface area (Å²) in [6.07, 6.45) is 9.53. The van der Waals surface area contributed by atoms with Gasteiger partial charge in [-0.25, -0.2) is 0 Å². The molecule has 0 aromatic carbocycles. The van der Waals surface area contributed by atoms with Gasteiger partial charge in [-0.05, 0) is 29.4 Å². The van der Waals surface area contributed by atoms with Crippen LogP contribution in [0.4, 0.5) is 0 Å². The standard InChI is InChI=1S/C10H17I/c1-3-5-6-8-10(9-11)7-4-2/h4,7,9H,3,5-6,8H2,1-2H3/b7-4+,10-9+. The van der Waals surface area contributed by atoms with Crippen molar-refractivity contribution in [2.24, 2.45) is 0 Å². The molecule has 0 aliphatic rings. The second-order valence-corrected chi connectivity index (χ2v) is 3.26. The van der Waals surface area contributed by atoms with E-state index in [1.807, 2.05) is 0 Å². The van der Waals surface area contributed by atoms with Gasteiger partial charge >= 0.3 is 0 Å². The number of hydrogen-bond donors (Lipinski definition) is 0. The largest absolute Gasteiger partial charge is 0.0874 e. The van der Waals surface area contributed by atoms with Crippen molar-refractivity contribution in [1.29, 1.82) is 0 Å². The normalized spacial score (nSPS) is 12.8. The summed E-state index contributed by atoms with van der Waals surface area (Å²) in [5, 5.41) is 0. The lowest BCUT2D eigenvalue weighted by atomic mass is 10.1. The Morgan fingerprint density at radius 1 is 1.36 bits per heavy atom. The van der Waals surface area contributed by atoms with E-state index in [4.69, 9.17) is 0 Å². The van der Waals surface area contributed by atoms with Gasteiger partial charge in [-0.2, -0.15) is 0 Å². The maximum absolute atomic E-state index is 2.31. The van der Waals surface area contributed by atoms with E-state index in [2.05, 4.69) is 52.7 Å². The molecule has 0 atom stereocenters. The van der Waals surface area contributed by atoms with E-state index in [-0.39, 0.29) is 0 Å². The van der Waals surface area contributed by atoms with E-state index in [1.165, 1.54) is 31.3 Å². The van der Waals surface area contributed by atoms with Crippen LogP contribution >= 0.6 is 22.6 Å². The van der Waals surface area contributed by atoms with E-state index in [9.17, 15) is 0 Å². The number of unbranched alkanes of at least 4 members (excludes halogenated alkanes) is 2. The summed E-state index contributed by atoms with van der Waals surface area (Å²) in [5.41, 5.74) is 1.46. The third-order valence-electron chi connectivity index (χ3n) is 1.59. The quantitative estimate of drug-likeness (QED) is 0.390. The van der Waals surface area contributed by atoms with Crippen LogP contribution in [0.2, 0.25) is 0 Å². The average Bonchev–Trinajstić information content (AvgIpc) is 2.03. The fourth-order valence-electron chi connectivity index (χ4n) is 0.967. The Hall–Kier alpha value is 0.210. The predicted octanol–water partition coefficient (Wildman–Crippen LogP) is 4.46. The molecule has 0 spiro atoms. The lowest BCUT2D eigenvalue weighted by Gasteiger charge is -1.98. The molecule has 0 saturated carbocycles. The van der Waals surface area contributed by atoms with Crippen molar-refractivity contribution in [2.75, 3.05) is 0 Å². The molecule has 0 aromatic heterocycles. The van der Waals surface area contributed by atoms with Crippen LogP contribution < -0.4 is 0 Å². The fourth-order valence-corrected chi connectivity index (χ4v) is 1.49. The molecule has 0 aliphatic heterocycles. The highest BCUT2D eigenvalue weighted by molar-refractivity contribution is 14.1. The van der Waals surface area contributed by atoms with Gasteiger partial charge in [0.1, 0.15) is 0 Å². The van der Waals surface area contributed by atoms with Gasteiger partial charge < -0.3 is 0 Å². The molecule has 0 saturated heterocycles. The van der Waals surface area contributed by atoms with Gasteiger partial charge in [-0.1, -0.05) is 54.5 Å². The lowest BCUT2D eigenvalue weighted by Crippen LogP contribution is -1.78. The molecule has 0 aliphatic carbocycles. The fraction of sp³-hybridized carbons (Fsp3) is 0.600. The highest BCUT2D eigenvalue weighted by Crippen LogP contribution is 2.12. The van der Waals surface area contributed by atoms with Crippen LogP contribution in [0, 0.1) is 0 Å². The van der Waals surface area contributed by atoms with E-state index < -0.39 is 0 Å². The van der Waals surface area contributed by atoms with Gasteiger partial charge in [0, 0.05) is 0 Å². The minimum absolute atomic E-state index is 1.24. The van der Waals surface area contributed by atoms with Crippen molar-refractivity contribution in [2.45, 2.75) is 39.5 Å². The summed E-state index contributed by atoms with van der Waals surface area (Å²) in [4.78, 5) is 0. The number of halogens is 1. The molecule has 0 heterocycles. The Labute approximate surface area is 83.9 Å². The van der Waals surface area contributed by atoms with Gasteiger partial charge in [-0.15, -0.1) is 0 Å². The van der Waals surface area contributed by atoms with Crippen LogP contribution in [0.5, 0.6) is 0 Å². The SMILES string of the molecule is C/C=C/C(=C\I)CCCCC. The first kappa shape index (κ1) is 11.2. The highest BCUT2D eigenvalue weighted by Gasteiger charge is 1.90. The van der Waals surface area contributed by atoms with Crippen molar-refractivity contribution < 1.29 is 0 Å². The monoisotopic (exact) mass is 264 g/mol. The van der Waals surface area contributed by atoms with Crippen molar-refractivity contribution in [3.05, 3.63) is 21.8 Å². The molecule has 0 unspecified atom stereocenters. The van der Waals surface area contributed by atoms with Crippen LogP contribution in [-0.2, 0) is 0 Å². The Morgan fingerprint density at radius 2 is 2.09 bits per heavy atom. The smallest absolute Gasteiger partial charge is 0.0202 e. The first-order valence-electron chi connectivity index (χ1n) is 4.27. The topological polar surface area (TPSA) is 0 Å². The van der Waals surface area contributed by atoms with Crippen molar-refractivity contribution in [1.82, 2.24) is 0 Å². The predicted molar refractivity (Wildman–Crippen MR) is 61.1 cm³/mol. The van der Waals surface area contributed by atoms with Crippen LogP contribution in [-0.4, -0.2) is 0 Å². The van der Waals surface area contributed by atoms with Gasteiger partial charge in [0.2, 0.25) is 0 Å². The molecular formula is C10H17I. The number of rotatable bonds is 5. The molecule has 0 amide bonds. The van der Waals surface area contributed by atoms with Crippen LogP contribution in [0.25, 0.3) is 0 Å². The molecule has 0 rings (SSSR count). The third kappa shape index (κ3) is 6.60. The number of hydrogen-bond acceptors (Lipinski definition) is 0. The summed E-state index contributed by atoms with van der Waals surface area (Å²) < 4.78 is 2.17. The highest BCUT2D eigenvalue weighted by atomic mass is 127. The zero-order valence-corrected chi connectivity index (χ0v) is 9.60. The molecule has 11 heavy (non-hydrogen) atoms.